The molecule has 0 saturated carbocycles. The van der Waals surface area contributed by atoms with Gasteiger partial charge in [0.05, 0.1) is 22.2 Å². The summed E-state index contributed by atoms with van der Waals surface area (Å²) < 4.78 is 0. The highest BCUT2D eigenvalue weighted by atomic mass is 14.9. The lowest BCUT2D eigenvalue weighted by molar-refractivity contribution is 0.636. The Morgan fingerprint density at radius 3 is 1.41 bits per heavy atom. The molecule has 0 fully saturated rings. The maximum absolute atomic E-state index is 5.46. The third-order valence-corrected chi connectivity index (χ3v) is 12.6. The predicted molar refractivity (Wildman–Crippen MR) is 227 cm³/mol. The molecule has 2 nitrogen and oxygen atoms in total. The summed E-state index contributed by atoms with van der Waals surface area (Å²) in [5.74, 6) is 0.715. The van der Waals surface area contributed by atoms with Gasteiger partial charge in [0, 0.05) is 16.7 Å². The van der Waals surface area contributed by atoms with Crippen molar-refractivity contribution in [3.63, 3.8) is 0 Å². The number of aromatic nitrogens is 2. The van der Waals surface area contributed by atoms with E-state index in [1.54, 1.807) is 0 Å². The number of benzene rings is 8. The Kier molecular flexibility index (Phi) is 6.50. The van der Waals surface area contributed by atoms with Gasteiger partial charge < -0.3 is 0 Å². The molecule has 0 bridgehead atoms. The van der Waals surface area contributed by atoms with Crippen LogP contribution in [0.4, 0.5) is 0 Å². The van der Waals surface area contributed by atoms with Crippen LogP contribution in [0.15, 0.2) is 206 Å². The van der Waals surface area contributed by atoms with E-state index in [2.05, 4.69) is 200 Å². The number of hydrogen-bond donors (Lipinski definition) is 0. The topological polar surface area (TPSA) is 25.8 Å². The minimum Gasteiger partial charge on any atom is -0.228 e. The Labute approximate surface area is 326 Å². The van der Waals surface area contributed by atoms with E-state index in [4.69, 9.17) is 9.97 Å². The molecule has 8 aromatic carbocycles. The molecule has 0 amide bonds. The summed E-state index contributed by atoms with van der Waals surface area (Å²) in [5.41, 5.74) is 19.5. The summed E-state index contributed by atoms with van der Waals surface area (Å²) in [6.07, 6.45) is 0. The quantitative estimate of drug-likeness (QED) is 0.182. The summed E-state index contributed by atoms with van der Waals surface area (Å²) in [5, 5.41) is 0. The fraction of sp³-hybridized carbons (Fsp3) is 0.0370. The average molecular weight is 711 g/mol. The molecule has 9 aromatic rings. The standard InChI is InChI=1S/C54H34N2/c1-4-18-35(19-5-1)48-34-49(56-52(55-48)36-20-6-2-7-21-36)42-28-16-26-40-38-24-11-13-30-44(38)54(50(40)42)46-32-15-14-31-45(46)53(37-22-8-3-9-23-37)43-29-12-10-25-39(43)41-27-17-33-47(54)51(41)53/h1-34H. The third kappa shape index (κ3) is 3.95. The first-order chi connectivity index (χ1) is 27.8. The van der Waals surface area contributed by atoms with E-state index < -0.39 is 10.8 Å². The molecule has 1 spiro atoms. The van der Waals surface area contributed by atoms with Crippen LogP contribution < -0.4 is 0 Å². The molecule has 3 aliphatic rings. The molecule has 3 aliphatic carbocycles. The van der Waals surface area contributed by atoms with Crippen molar-refractivity contribution >= 4 is 0 Å². The molecule has 260 valence electrons. The zero-order chi connectivity index (χ0) is 36.8. The van der Waals surface area contributed by atoms with Crippen LogP contribution in [-0.2, 0) is 10.8 Å². The highest BCUT2D eigenvalue weighted by Crippen LogP contribution is 2.69. The van der Waals surface area contributed by atoms with Gasteiger partial charge in [-0.25, -0.2) is 9.97 Å². The second-order valence-electron chi connectivity index (χ2n) is 15.2. The molecule has 1 heterocycles. The SMILES string of the molecule is c1ccc(-c2cc(-c3cccc4c3C3(c5ccccc5-4)c4ccccc4C4(c5ccccc5)c5ccccc5-c5cccc3c54)nc(-c3ccccc3)n2)cc1. The van der Waals surface area contributed by atoms with Gasteiger partial charge in [-0.15, -0.1) is 0 Å². The largest absolute Gasteiger partial charge is 0.228 e. The number of fused-ring (bicyclic) bond motifs is 12. The Hall–Kier alpha value is -7.16. The van der Waals surface area contributed by atoms with Crippen molar-refractivity contribution in [1.82, 2.24) is 9.97 Å². The molecule has 2 atom stereocenters. The Balaban J connectivity index is 1.24. The van der Waals surface area contributed by atoms with Gasteiger partial charge in [0.25, 0.3) is 0 Å². The van der Waals surface area contributed by atoms with Gasteiger partial charge in [-0.2, -0.15) is 0 Å². The summed E-state index contributed by atoms with van der Waals surface area (Å²) in [6.45, 7) is 0. The highest BCUT2D eigenvalue weighted by Gasteiger charge is 2.60. The highest BCUT2D eigenvalue weighted by molar-refractivity contribution is 5.98. The molecule has 0 radical (unpaired) electrons. The third-order valence-electron chi connectivity index (χ3n) is 12.6. The molecular weight excluding hydrogens is 677 g/mol. The molecule has 2 heteroatoms. The van der Waals surface area contributed by atoms with Crippen molar-refractivity contribution in [3.8, 4) is 56.2 Å². The second-order valence-corrected chi connectivity index (χ2v) is 15.2. The van der Waals surface area contributed by atoms with Crippen LogP contribution >= 0.6 is 0 Å². The first kappa shape index (κ1) is 31.2. The van der Waals surface area contributed by atoms with Crippen molar-refractivity contribution in [2.45, 2.75) is 10.8 Å². The molecule has 2 unspecified atom stereocenters. The van der Waals surface area contributed by atoms with Crippen LogP contribution in [0.2, 0.25) is 0 Å². The molecule has 56 heavy (non-hydrogen) atoms. The zero-order valence-corrected chi connectivity index (χ0v) is 30.5. The summed E-state index contributed by atoms with van der Waals surface area (Å²) in [4.78, 5) is 10.6. The van der Waals surface area contributed by atoms with Gasteiger partial charge in [-0.1, -0.05) is 200 Å². The normalized spacial score (nSPS) is 17.8. The number of nitrogens with zero attached hydrogens (tertiary/aromatic N) is 2. The Morgan fingerprint density at radius 1 is 0.286 bits per heavy atom. The lowest BCUT2D eigenvalue weighted by Gasteiger charge is -2.48. The lowest BCUT2D eigenvalue weighted by Crippen LogP contribution is -2.43. The Morgan fingerprint density at radius 2 is 0.732 bits per heavy atom. The van der Waals surface area contributed by atoms with Crippen molar-refractivity contribution in [1.29, 1.82) is 0 Å². The smallest absolute Gasteiger partial charge is 0.160 e. The van der Waals surface area contributed by atoms with Gasteiger partial charge in [0.2, 0.25) is 0 Å². The van der Waals surface area contributed by atoms with E-state index in [0.717, 1.165) is 28.1 Å². The van der Waals surface area contributed by atoms with Gasteiger partial charge in [-0.3, -0.25) is 0 Å². The number of rotatable bonds is 4. The number of hydrogen-bond acceptors (Lipinski definition) is 2. The van der Waals surface area contributed by atoms with Gasteiger partial charge in [-0.05, 0) is 72.8 Å². The molecule has 0 aliphatic heterocycles. The monoisotopic (exact) mass is 710 g/mol. The van der Waals surface area contributed by atoms with E-state index in [1.807, 2.05) is 6.07 Å². The van der Waals surface area contributed by atoms with Gasteiger partial charge in [0.1, 0.15) is 0 Å². The van der Waals surface area contributed by atoms with Crippen molar-refractivity contribution in [3.05, 3.63) is 251 Å². The maximum atomic E-state index is 5.46. The summed E-state index contributed by atoms with van der Waals surface area (Å²) >= 11 is 0. The molecular formula is C54H34N2. The Bertz CT molecular complexity index is 2970. The van der Waals surface area contributed by atoms with E-state index >= 15 is 0 Å². The summed E-state index contributed by atoms with van der Waals surface area (Å²) in [6, 6.07) is 75.6. The first-order valence-corrected chi connectivity index (χ1v) is 19.4. The average Bonchev–Trinajstić information content (AvgIpc) is 3.76. The molecule has 12 rings (SSSR count). The van der Waals surface area contributed by atoms with Crippen LogP contribution in [0, 0.1) is 0 Å². The van der Waals surface area contributed by atoms with Crippen molar-refractivity contribution in [2.75, 3.05) is 0 Å². The van der Waals surface area contributed by atoms with E-state index in [-0.39, 0.29) is 0 Å². The van der Waals surface area contributed by atoms with Crippen LogP contribution in [-0.4, -0.2) is 9.97 Å². The van der Waals surface area contributed by atoms with Crippen LogP contribution in [0.3, 0.4) is 0 Å². The van der Waals surface area contributed by atoms with Crippen LogP contribution in [0.5, 0.6) is 0 Å². The fourth-order valence-corrected chi connectivity index (χ4v) is 10.6. The van der Waals surface area contributed by atoms with E-state index in [0.29, 0.717) is 5.82 Å². The van der Waals surface area contributed by atoms with Gasteiger partial charge in [0.15, 0.2) is 5.82 Å². The van der Waals surface area contributed by atoms with E-state index in [9.17, 15) is 0 Å². The molecule has 1 aromatic heterocycles. The first-order valence-electron chi connectivity index (χ1n) is 19.4. The lowest BCUT2D eigenvalue weighted by atomic mass is 9.52. The second kappa shape index (κ2) is 11.7. The maximum Gasteiger partial charge on any atom is 0.160 e. The van der Waals surface area contributed by atoms with Gasteiger partial charge >= 0.3 is 0 Å². The van der Waals surface area contributed by atoms with Crippen LogP contribution in [0.1, 0.15) is 44.5 Å². The minimum absolute atomic E-state index is 0.492. The molecule has 0 saturated heterocycles. The predicted octanol–water partition coefficient (Wildman–Crippen LogP) is 12.5. The zero-order valence-electron chi connectivity index (χ0n) is 30.5. The molecule has 0 N–H and O–H groups in total. The van der Waals surface area contributed by atoms with Crippen LogP contribution in [0.25, 0.3) is 56.2 Å². The van der Waals surface area contributed by atoms with Crippen molar-refractivity contribution < 1.29 is 0 Å². The van der Waals surface area contributed by atoms with E-state index in [1.165, 1.54) is 66.8 Å². The minimum atomic E-state index is -0.629. The fourth-order valence-electron chi connectivity index (χ4n) is 10.6. The summed E-state index contributed by atoms with van der Waals surface area (Å²) in [7, 11) is 0. The van der Waals surface area contributed by atoms with Crippen molar-refractivity contribution in [2.24, 2.45) is 0 Å².